The number of guanidine groups is 1. The SMILES string of the molecule is CCNC(=NCC1(CCOC)CCC1)NCCc1ccccc1C.I. The second-order valence-electron chi connectivity index (χ2n) is 6.89. The van der Waals surface area contributed by atoms with E-state index in [0.29, 0.717) is 5.41 Å². The second kappa shape index (κ2) is 11.7. The van der Waals surface area contributed by atoms with E-state index in [1.807, 2.05) is 0 Å². The molecule has 4 nitrogen and oxygen atoms in total. The summed E-state index contributed by atoms with van der Waals surface area (Å²) in [4.78, 5) is 4.85. The number of aliphatic imine (C=N–C) groups is 1. The van der Waals surface area contributed by atoms with Crippen molar-refractivity contribution in [2.45, 2.75) is 46.0 Å². The van der Waals surface area contributed by atoms with E-state index in [-0.39, 0.29) is 24.0 Å². The minimum atomic E-state index is 0. The fraction of sp³-hybridized carbons (Fsp3) is 0.650. The summed E-state index contributed by atoms with van der Waals surface area (Å²) in [5, 5.41) is 6.85. The molecule has 0 aromatic heterocycles. The molecule has 0 bridgehead atoms. The molecule has 1 saturated carbocycles. The van der Waals surface area contributed by atoms with Crippen LogP contribution in [0.25, 0.3) is 0 Å². The van der Waals surface area contributed by atoms with Crippen LogP contribution in [-0.4, -0.2) is 39.3 Å². The van der Waals surface area contributed by atoms with Crippen LogP contribution < -0.4 is 10.6 Å². The van der Waals surface area contributed by atoms with Crippen molar-refractivity contribution in [3.8, 4) is 0 Å². The number of ether oxygens (including phenoxy) is 1. The zero-order valence-corrected chi connectivity index (χ0v) is 18.3. The molecular weight excluding hydrogens is 425 g/mol. The maximum absolute atomic E-state index is 5.27. The highest BCUT2D eigenvalue weighted by Gasteiger charge is 2.36. The van der Waals surface area contributed by atoms with Crippen molar-refractivity contribution in [1.82, 2.24) is 10.6 Å². The lowest BCUT2D eigenvalue weighted by Crippen LogP contribution is -2.41. The lowest BCUT2D eigenvalue weighted by atomic mass is 9.67. The molecule has 2 N–H and O–H groups in total. The summed E-state index contributed by atoms with van der Waals surface area (Å²) >= 11 is 0. The van der Waals surface area contributed by atoms with E-state index >= 15 is 0 Å². The third kappa shape index (κ3) is 7.13. The predicted octanol–water partition coefficient (Wildman–Crippen LogP) is 3.92. The highest BCUT2D eigenvalue weighted by molar-refractivity contribution is 14.0. The van der Waals surface area contributed by atoms with Gasteiger partial charge in [0.15, 0.2) is 5.96 Å². The van der Waals surface area contributed by atoms with Gasteiger partial charge < -0.3 is 15.4 Å². The average molecular weight is 459 g/mol. The van der Waals surface area contributed by atoms with E-state index in [1.54, 1.807) is 7.11 Å². The zero-order valence-electron chi connectivity index (χ0n) is 15.9. The Kier molecular flexibility index (Phi) is 10.4. The van der Waals surface area contributed by atoms with Crippen LogP contribution in [0.2, 0.25) is 0 Å². The number of nitrogens with one attached hydrogen (secondary N) is 2. The lowest BCUT2D eigenvalue weighted by Gasteiger charge is -2.40. The lowest BCUT2D eigenvalue weighted by molar-refractivity contribution is 0.0778. The van der Waals surface area contributed by atoms with Gasteiger partial charge in [-0.15, -0.1) is 24.0 Å². The standard InChI is InChI=1S/C20H33N3O.HI/c1-4-21-19(22-14-10-18-9-6-5-8-17(18)2)23-16-20(11-7-12-20)13-15-24-3;/h5-6,8-9H,4,7,10-16H2,1-3H3,(H2,21,22,23);1H. The van der Waals surface area contributed by atoms with E-state index in [0.717, 1.165) is 45.0 Å². The van der Waals surface area contributed by atoms with Crippen LogP contribution in [0.3, 0.4) is 0 Å². The minimum absolute atomic E-state index is 0. The minimum Gasteiger partial charge on any atom is -0.385 e. The molecule has 2 rings (SSSR count). The maximum atomic E-state index is 5.27. The van der Waals surface area contributed by atoms with Gasteiger partial charge in [-0.05, 0) is 56.1 Å². The third-order valence-electron chi connectivity index (χ3n) is 5.12. The van der Waals surface area contributed by atoms with Gasteiger partial charge >= 0.3 is 0 Å². The average Bonchev–Trinajstić information content (AvgIpc) is 2.55. The predicted molar refractivity (Wildman–Crippen MR) is 117 cm³/mol. The Hall–Kier alpha value is -0.820. The van der Waals surface area contributed by atoms with E-state index in [9.17, 15) is 0 Å². The first-order valence-corrected chi connectivity index (χ1v) is 9.25. The number of hydrogen-bond acceptors (Lipinski definition) is 2. The molecule has 5 heteroatoms. The van der Waals surface area contributed by atoms with Gasteiger partial charge in [-0.3, -0.25) is 4.99 Å². The summed E-state index contributed by atoms with van der Waals surface area (Å²) < 4.78 is 5.27. The van der Waals surface area contributed by atoms with Gasteiger partial charge in [-0.2, -0.15) is 0 Å². The normalized spacial score (nSPS) is 15.9. The van der Waals surface area contributed by atoms with Gasteiger partial charge in [0.1, 0.15) is 0 Å². The Labute approximate surface area is 170 Å². The van der Waals surface area contributed by atoms with Gasteiger partial charge in [-0.25, -0.2) is 0 Å². The summed E-state index contributed by atoms with van der Waals surface area (Å²) in [7, 11) is 1.78. The molecular formula is C20H34IN3O. The highest BCUT2D eigenvalue weighted by Crippen LogP contribution is 2.44. The number of aryl methyl sites for hydroxylation is 1. The molecule has 0 amide bonds. The van der Waals surface area contributed by atoms with Crippen LogP contribution in [0.4, 0.5) is 0 Å². The number of hydrogen-bond donors (Lipinski definition) is 2. The fourth-order valence-electron chi connectivity index (χ4n) is 3.28. The van der Waals surface area contributed by atoms with Crippen molar-refractivity contribution < 1.29 is 4.74 Å². The van der Waals surface area contributed by atoms with Crippen molar-refractivity contribution >= 4 is 29.9 Å². The molecule has 1 aliphatic rings. The van der Waals surface area contributed by atoms with Gasteiger partial charge in [0.25, 0.3) is 0 Å². The van der Waals surface area contributed by atoms with E-state index < -0.39 is 0 Å². The number of nitrogens with zero attached hydrogens (tertiary/aromatic N) is 1. The van der Waals surface area contributed by atoms with Crippen LogP contribution in [0.5, 0.6) is 0 Å². The third-order valence-corrected chi connectivity index (χ3v) is 5.12. The quantitative estimate of drug-likeness (QED) is 0.334. The molecule has 1 aromatic rings. The Morgan fingerprint density at radius 1 is 1.24 bits per heavy atom. The van der Waals surface area contributed by atoms with Gasteiger partial charge in [0.2, 0.25) is 0 Å². The Morgan fingerprint density at radius 2 is 2.00 bits per heavy atom. The Morgan fingerprint density at radius 3 is 2.60 bits per heavy atom. The number of halogens is 1. The molecule has 0 unspecified atom stereocenters. The van der Waals surface area contributed by atoms with Gasteiger partial charge in [-0.1, -0.05) is 30.7 Å². The van der Waals surface area contributed by atoms with Crippen molar-refractivity contribution in [1.29, 1.82) is 0 Å². The zero-order chi connectivity index (χ0) is 17.3. The highest BCUT2D eigenvalue weighted by atomic mass is 127. The monoisotopic (exact) mass is 459 g/mol. The molecule has 1 fully saturated rings. The number of benzene rings is 1. The van der Waals surface area contributed by atoms with Gasteiger partial charge in [0, 0.05) is 33.4 Å². The first-order chi connectivity index (χ1) is 11.7. The van der Waals surface area contributed by atoms with E-state index in [2.05, 4.69) is 48.7 Å². The molecule has 0 saturated heterocycles. The van der Waals surface area contributed by atoms with Crippen LogP contribution in [0, 0.1) is 12.3 Å². The summed E-state index contributed by atoms with van der Waals surface area (Å²) in [5.41, 5.74) is 3.12. The van der Waals surface area contributed by atoms with Crippen LogP contribution in [0.1, 0.15) is 43.7 Å². The second-order valence-corrected chi connectivity index (χ2v) is 6.89. The van der Waals surface area contributed by atoms with Crippen molar-refractivity contribution in [3.63, 3.8) is 0 Å². The smallest absolute Gasteiger partial charge is 0.191 e. The fourth-order valence-corrected chi connectivity index (χ4v) is 3.28. The number of rotatable bonds is 9. The number of methoxy groups -OCH3 is 1. The first-order valence-electron chi connectivity index (χ1n) is 9.25. The summed E-state index contributed by atoms with van der Waals surface area (Å²) in [5.74, 6) is 0.940. The summed E-state index contributed by atoms with van der Waals surface area (Å²) in [6.45, 7) is 7.82. The first kappa shape index (κ1) is 22.2. The van der Waals surface area contributed by atoms with E-state index in [1.165, 1.54) is 30.4 Å². The molecule has 0 heterocycles. The largest absolute Gasteiger partial charge is 0.385 e. The maximum Gasteiger partial charge on any atom is 0.191 e. The van der Waals surface area contributed by atoms with Crippen LogP contribution in [0.15, 0.2) is 29.3 Å². The van der Waals surface area contributed by atoms with Crippen molar-refractivity contribution in [2.75, 3.05) is 33.4 Å². The molecule has 142 valence electrons. The molecule has 0 atom stereocenters. The van der Waals surface area contributed by atoms with Crippen molar-refractivity contribution in [3.05, 3.63) is 35.4 Å². The molecule has 1 aliphatic carbocycles. The summed E-state index contributed by atoms with van der Waals surface area (Å²) in [6, 6.07) is 8.58. The Bertz CT molecular complexity index is 529. The molecule has 0 aliphatic heterocycles. The van der Waals surface area contributed by atoms with Crippen LogP contribution in [-0.2, 0) is 11.2 Å². The van der Waals surface area contributed by atoms with Crippen LogP contribution >= 0.6 is 24.0 Å². The Balaban J connectivity index is 0.00000312. The molecule has 0 spiro atoms. The topological polar surface area (TPSA) is 45.7 Å². The molecule has 0 radical (unpaired) electrons. The molecule has 1 aromatic carbocycles. The van der Waals surface area contributed by atoms with Gasteiger partial charge in [0.05, 0.1) is 0 Å². The molecule has 25 heavy (non-hydrogen) atoms. The van der Waals surface area contributed by atoms with E-state index in [4.69, 9.17) is 9.73 Å². The van der Waals surface area contributed by atoms with Crippen molar-refractivity contribution in [2.24, 2.45) is 10.4 Å². The summed E-state index contributed by atoms with van der Waals surface area (Å²) in [6.07, 6.45) is 6.03.